The largest absolute Gasteiger partial charge is 0.494 e. The van der Waals surface area contributed by atoms with Gasteiger partial charge in [0, 0.05) is 58.3 Å². The van der Waals surface area contributed by atoms with Crippen molar-refractivity contribution in [3.63, 3.8) is 0 Å². The fourth-order valence-corrected chi connectivity index (χ4v) is 5.14. The van der Waals surface area contributed by atoms with Crippen molar-refractivity contribution in [2.24, 2.45) is 15.2 Å². The van der Waals surface area contributed by atoms with E-state index in [9.17, 15) is 15.9 Å². The number of rotatable bonds is 13. The van der Waals surface area contributed by atoms with E-state index in [1.54, 1.807) is 72.8 Å². The van der Waals surface area contributed by atoms with Crippen LogP contribution in [-0.2, 0) is 22.5 Å². The molecule has 0 bridgehead atoms. The molecule has 0 spiro atoms. The van der Waals surface area contributed by atoms with Crippen molar-refractivity contribution in [3.05, 3.63) is 146 Å². The van der Waals surface area contributed by atoms with Crippen molar-refractivity contribution in [3.8, 4) is 5.75 Å². The van der Waals surface area contributed by atoms with Crippen LogP contribution < -0.4 is 10.1 Å². The molecule has 0 radical (unpaired) electrons. The monoisotopic (exact) mass is 602 g/mol. The second-order valence-electron chi connectivity index (χ2n) is 10.2. The van der Waals surface area contributed by atoms with Crippen molar-refractivity contribution < 1.29 is 19.4 Å². The van der Waals surface area contributed by atoms with Gasteiger partial charge in [-0.1, -0.05) is 89.1 Å². The van der Waals surface area contributed by atoms with Gasteiger partial charge in [-0.05, 0) is 46.5 Å². The summed E-state index contributed by atoms with van der Waals surface area (Å²) in [4.78, 5) is 25.5. The smallest absolute Gasteiger partial charge is 0.252 e. The fourth-order valence-electron chi connectivity index (χ4n) is 5.14. The number of aliphatic hydroxyl groups is 1. The number of aliphatic imine (C=N–C) groups is 1. The molecular weight excluding hydrogens is 572 g/mol. The van der Waals surface area contributed by atoms with E-state index >= 15 is 0 Å². The third kappa shape index (κ3) is 7.06. The molecule has 1 heterocycles. The summed E-state index contributed by atoms with van der Waals surface area (Å²) >= 11 is 0. The molecule has 4 aromatic carbocycles. The summed E-state index contributed by atoms with van der Waals surface area (Å²) in [5, 5.41) is 19.8. The van der Waals surface area contributed by atoms with Crippen molar-refractivity contribution in [1.29, 1.82) is 0 Å². The summed E-state index contributed by atoms with van der Waals surface area (Å²) in [6.07, 6.45) is -0.518. The van der Waals surface area contributed by atoms with Gasteiger partial charge in [-0.2, -0.15) is 0 Å². The SMILES string of the molecule is [N-]=[N+]=Nc1ccccc1C[C@]1(C(=O)NCc2ccccc2)N=C(c2ccc(OCCCO)cc2)O[C@H]1c1ccccc1N=[N+]=[N-]. The van der Waals surface area contributed by atoms with Gasteiger partial charge < -0.3 is 19.9 Å². The summed E-state index contributed by atoms with van der Waals surface area (Å²) < 4.78 is 12.2. The van der Waals surface area contributed by atoms with Gasteiger partial charge >= 0.3 is 0 Å². The first-order valence-corrected chi connectivity index (χ1v) is 14.3. The summed E-state index contributed by atoms with van der Waals surface area (Å²) in [5.74, 6) is 0.377. The highest BCUT2D eigenvalue weighted by molar-refractivity contribution is 6.01. The summed E-state index contributed by atoms with van der Waals surface area (Å²) in [7, 11) is 0. The highest BCUT2D eigenvalue weighted by Gasteiger charge is 2.54. The van der Waals surface area contributed by atoms with Crippen LogP contribution in [0.1, 0.15) is 34.8 Å². The molecule has 2 N–H and O–H groups in total. The number of carbonyl (C=O) groups excluding carboxylic acids is 1. The van der Waals surface area contributed by atoms with Gasteiger partial charge in [0.05, 0.1) is 6.61 Å². The topological polar surface area (TPSA) is 178 Å². The van der Waals surface area contributed by atoms with Crippen LogP contribution in [0.25, 0.3) is 20.9 Å². The summed E-state index contributed by atoms with van der Waals surface area (Å²) in [6, 6.07) is 30.4. The molecule has 12 heteroatoms. The first-order chi connectivity index (χ1) is 22.1. The second-order valence-corrected chi connectivity index (χ2v) is 10.2. The first kappa shape index (κ1) is 30.7. The van der Waals surface area contributed by atoms with E-state index in [1.807, 2.05) is 30.3 Å². The zero-order valence-electron chi connectivity index (χ0n) is 24.2. The average Bonchev–Trinajstić information content (AvgIpc) is 3.46. The number of hydrogen-bond donors (Lipinski definition) is 2. The van der Waals surface area contributed by atoms with Crippen molar-refractivity contribution in [2.75, 3.05) is 13.2 Å². The number of ether oxygens (including phenoxy) is 2. The van der Waals surface area contributed by atoms with Crippen LogP contribution in [0.2, 0.25) is 0 Å². The van der Waals surface area contributed by atoms with Gasteiger partial charge in [0.1, 0.15) is 5.75 Å². The molecule has 45 heavy (non-hydrogen) atoms. The molecule has 1 aliphatic heterocycles. The average molecular weight is 603 g/mol. The third-order valence-electron chi connectivity index (χ3n) is 7.30. The lowest BCUT2D eigenvalue weighted by Crippen LogP contribution is -2.49. The second kappa shape index (κ2) is 14.6. The van der Waals surface area contributed by atoms with Gasteiger partial charge in [0.2, 0.25) is 5.90 Å². The van der Waals surface area contributed by atoms with Crippen molar-refractivity contribution >= 4 is 23.2 Å². The molecule has 0 unspecified atom stereocenters. The number of amides is 1. The minimum atomic E-state index is -1.61. The van der Waals surface area contributed by atoms with Gasteiger partial charge in [0.25, 0.3) is 5.91 Å². The predicted octanol–water partition coefficient (Wildman–Crippen LogP) is 7.15. The Morgan fingerprint density at radius 2 is 1.58 bits per heavy atom. The van der Waals surface area contributed by atoms with E-state index in [0.717, 1.165) is 5.56 Å². The maximum absolute atomic E-state index is 14.5. The summed E-state index contributed by atoms with van der Waals surface area (Å²) in [5.41, 5.74) is 20.2. The van der Waals surface area contributed by atoms with Crippen molar-refractivity contribution in [1.82, 2.24) is 5.32 Å². The first-order valence-electron chi connectivity index (χ1n) is 14.3. The Kier molecular flexibility index (Phi) is 9.94. The molecule has 0 saturated carbocycles. The number of benzene rings is 4. The standard InChI is InChI=1S/C33H30N8O4/c34-40-38-28-13-6-4-11-25(28)21-33(32(43)36-22-23-9-2-1-3-10-23)30(27-12-5-7-14-29(27)39-41-35)45-31(37-33)24-15-17-26(18-16-24)44-20-8-19-42/h1-7,9-18,30,42H,8,19-22H2,(H,36,43)/t30-,33-/m0/s1. The van der Waals surface area contributed by atoms with Gasteiger partial charge in [-0.25, -0.2) is 4.99 Å². The molecule has 1 amide bonds. The van der Waals surface area contributed by atoms with Crippen LogP contribution in [0.15, 0.2) is 118 Å². The summed E-state index contributed by atoms with van der Waals surface area (Å²) in [6.45, 7) is 0.619. The number of carbonyl (C=O) groups is 1. The molecule has 0 aliphatic carbocycles. The van der Waals surface area contributed by atoms with E-state index in [4.69, 9.17) is 19.6 Å². The van der Waals surface area contributed by atoms with Gasteiger partial charge in [-0.3, -0.25) is 4.79 Å². The van der Waals surface area contributed by atoms with Crippen LogP contribution in [0.5, 0.6) is 5.75 Å². The minimum absolute atomic E-state index is 0.00391. The van der Waals surface area contributed by atoms with E-state index in [0.29, 0.717) is 41.2 Å². The quantitative estimate of drug-likeness (QED) is 0.0715. The number of azide groups is 2. The molecule has 0 aromatic heterocycles. The number of aliphatic hydroxyl groups excluding tert-OH is 1. The lowest BCUT2D eigenvalue weighted by Gasteiger charge is -2.31. The predicted molar refractivity (Wildman–Crippen MR) is 169 cm³/mol. The highest BCUT2D eigenvalue weighted by Crippen LogP contribution is 2.46. The molecule has 226 valence electrons. The molecule has 5 rings (SSSR count). The molecule has 1 aliphatic rings. The maximum atomic E-state index is 14.5. The Morgan fingerprint density at radius 1 is 0.911 bits per heavy atom. The zero-order chi connectivity index (χ0) is 31.5. The van der Waals surface area contributed by atoms with Crippen LogP contribution in [-0.4, -0.2) is 35.7 Å². The van der Waals surface area contributed by atoms with E-state index in [2.05, 4.69) is 25.4 Å². The third-order valence-corrected chi connectivity index (χ3v) is 7.30. The number of hydrogen-bond acceptors (Lipinski definition) is 7. The van der Waals surface area contributed by atoms with E-state index in [1.165, 1.54) is 0 Å². The van der Waals surface area contributed by atoms with Crippen LogP contribution >= 0.6 is 0 Å². The molecule has 0 saturated heterocycles. The van der Waals surface area contributed by atoms with Gasteiger partial charge in [0.15, 0.2) is 11.6 Å². The lowest BCUT2D eigenvalue weighted by atomic mass is 9.81. The Labute approximate surface area is 259 Å². The fraction of sp³-hybridized carbons (Fsp3) is 0.212. The van der Waals surface area contributed by atoms with Crippen LogP contribution in [0.3, 0.4) is 0 Å². The lowest BCUT2D eigenvalue weighted by molar-refractivity contribution is -0.129. The Hall–Kier alpha value is -5.80. The maximum Gasteiger partial charge on any atom is 0.252 e. The highest BCUT2D eigenvalue weighted by atomic mass is 16.5. The Bertz CT molecular complexity index is 1770. The van der Waals surface area contributed by atoms with Crippen molar-refractivity contribution in [2.45, 2.75) is 31.0 Å². The number of nitrogens with one attached hydrogen (secondary N) is 1. The minimum Gasteiger partial charge on any atom is -0.494 e. The molecule has 12 nitrogen and oxygen atoms in total. The molecule has 4 aromatic rings. The van der Waals surface area contributed by atoms with Crippen LogP contribution in [0.4, 0.5) is 11.4 Å². The zero-order valence-corrected chi connectivity index (χ0v) is 24.2. The molecular formula is C33H30N8O4. The molecule has 0 fully saturated rings. The molecule has 2 atom stereocenters. The van der Waals surface area contributed by atoms with Crippen LogP contribution in [0, 0.1) is 0 Å². The Balaban J connectivity index is 1.64. The van der Waals surface area contributed by atoms with E-state index < -0.39 is 17.6 Å². The van der Waals surface area contributed by atoms with Gasteiger partial charge in [-0.15, -0.1) is 0 Å². The van der Waals surface area contributed by atoms with E-state index in [-0.39, 0.29) is 31.2 Å². The Morgan fingerprint density at radius 3 is 2.31 bits per heavy atom. The normalized spacial score (nSPS) is 16.8. The number of nitrogens with zero attached hydrogens (tertiary/aromatic N) is 7.